The molecule has 3 amide bonds. The van der Waals surface area contributed by atoms with Crippen LogP contribution in [0.25, 0.3) is 0 Å². The monoisotopic (exact) mass is 286 g/mol. The Morgan fingerprint density at radius 3 is 2.37 bits per heavy atom. The first kappa shape index (κ1) is 15.4. The third kappa shape index (κ3) is 5.21. The van der Waals surface area contributed by atoms with E-state index in [1.54, 1.807) is 0 Å². The van der Waals surface area contributed by atoms with Crippen LogP contribution in [0.1, 0.15) is 19.8 Å². The van der Waals surface area contributed by atoms with Crippen LogP contribution in [0.3, 0.4) is 0 Å². The normalized spacial score (nSPS) is 15.7. The number of nitrogens with zero attached hydrogens (tertiary/aromatic N) is 1. The summed E-state index contributed by atoms with van der Waals surface area (Å²) in [5.41, 5.74) is 5.24. The minimum Gasteiger partial charge on any atom is -0.392 e. The molecule has 19 heavy (non-hydrogen) atoms. The quantitative estimate of drug-likeness (QED) is 0.433. The second kappa shape index (κ2) is 7.03. The van der Waals surface area contributed by atoms with Gasteiger partial charge in [-0.25, -0.2) is 0 Å². The van der Waals surface area contributed by atoms with Crippen LogP contribution in [-0.4, -0.2) is 53.3 Å². The third-order valence-corrected chi connectivity index (χ3v) is 2.95. The summed E-state index contributed by atoms with van der Waals surface area (Å²) in [6.45, 7) is 2.37. The van der Waals surface area contributed by atoms with Crippen LogP contribution in [0, 0.1) is 0 Å². The molecule has 0 aromatic heterocycles. The number of carbonyl (C=O) groups is 3. The molecule has 4 N–H and O–H groups in total. The zero-order valence-corrected chi connectivity index (χ0v) is 11.6. The zero-order chi connectivity index (χ0) is 14.4. The molecule has 7 nitrogen and oxygen atoms in total. The molecule has 0 aromatic rings. The minimum atomic E-state index is -0.703. The van der Waals surface area contributed by atoms with Gasteiger partial charge >= 0.3 is 11.8 Å². The van der Waals surface area contributed by atoms with E-state index in [9.17, 15) is 14.4 Å². The molecule has 0 saturated carbocycles. The number of hydrogen-bond acceptors (Lipinski definition) is 4. The number of nitrogens with two attached hydrogens (primary N) is 1. The first-order chi connectivity index (χ1) is 8.90. The molecular formula is C11H18N4O3S. The number of rotatable bonds is 3. The molecule has 1 rings (SSSR count). The Balaban J connectivity index is 2.38. The van der Waals surface area contributed by atoms with E-state index in [1.807, 2.05) is 0 Å². The van der Waals surface area contributed by atoms with Crippen molar-refractivity contribution in [1.82, 2.24) is 15.5 Å². The highest BCUT2D eigenvalue weighted by atomic mass is 32.1. The SMILES string of the molecule is CC(=O)NC1CCN(C(=O)C(=O)NCC(N)=S)CC1. The van der Waals surface area contributed by atoms with Gasteiger partial charge < -0.3 is 21.3 Å². The summed E-state index contributed by atoms with van der Waals surface area (Å²) in [6, 6.07) is 0.0706. The molecule has 1 heterocycles. The number of amides is 3. The smallest absolute Gasteiger partial charge is 0.311 e. The third-order valence-electron chi connectivity index (χ3n) is 2.81. The Bertz CT molecular complexity index is 391. The molecule has 1 saturated heterocycles. The van der Waals surface area contributed by atoms with Crippen LogP contribution in [-0.2, 0) is 14.4 Å². The Hall–Kier alpha value is -1.70. The summed E-state index contributed by atoms with van der Waals surface area (Å²) in [5, 5.41) is 5.16. The number of likely N-dealkylation sites (tertiary alicyclic amines) is 1. The number of hydrogen-bond donors (Lipinski definition) is 3. The molecule has 0 aliphatic carbocycles. The second-order valence-corrected chi connectivity index (χ2v) is 4.94. The van der Waals surface area contributed by atoms with Gasteiger partial charge in [0.15, 0.2) is 0 Å². The average molecular weight is 286 g/mol. The Morgan fingerprint density at radius 1 is 1.32 bits per heavy atom. The molecule has 8 heteroatoms. The van der Waals surface area contributed by atoms with E-state index >= 15 is 0 Å². The molecule has 0 atom stereocenters. The topological polar surface area (TPSA) is 105 Å². The maximum atomic E-state index is 11.8. The average Bonchev–Trinajstić information content (AvgIpc) is 2.35. The lowest BCUT2D eigenvalue weighted by molar-refractivity contribution is -0.146. The van der Waals surface area contributed by atoms with E-state index in [1.165, 1.54) is 11.8 Å². The minimum absolute atomic E-state index is 0.0161. The molecule has 0 aromatic carbocycles. The zero-order valence-electron chi connectivity index (χ0n) is 10.8. The first-order valence-corrected chi connectivity index (χ1v) is 6.43. The van der Waals surface area contributed by atoms with Crippen molar-refractivity contribution in [1.29, 1.82) is 0 Å². The van der Waals surface area contributed by atoms with Crippen molar-refractivity contribution >= 4 is 34.9 Å². The van der Waals surface area contributed by atoms with E-state index in [2.05, 4.69) is 22.9 Å². The number of nitrogens with one attached hydrogen (secondary N) is 2. The Labute approximate surface area is 116 Å². The van der Waals surface area contributed by atoms with Gasteiger partial charge in [0.25, 0.3) is 0 Å². The summed E-state index contributed by atoms with van der Waals surface area (Å²) >= 11 is 4.61. The molecular weight excluding hydrogens is 268 g/mol. The lowest BCUT2D eigenvalue weighted by Crippen LogP contribution is -2.50. The van der Waals surface area contributed by atoms with Crippen LogP contribution < -0.4 is 16.4 Å². The van der Waals surface area contributed by atoms with Crippen molar-refractivity contribution in [3.8, 4) is 0 Å². The van der Waals surface area contributed by atoms with E-state index in [4.69, 9.17) is 5.73 Å². The van der Waals surface area contributed by atoms with Crippen molar-refractivity contribution in [2.24, 2.45) is 5.73 Å². The lowest BCUT2D eigenvalue weighted by atomic mass is 10.0. The molecule has 0 bridgehead atoms. The van der Waals surface area contributed by atoms with Crippen LogP contribution in [0.15, 0.2) is 0 Å². The second-order valence-electron chi connectivity index (χ2n) is 4.42. The van der Waals surface area contributed by atoms with E-state index in [-0.39, 0.29) is 23.5 Å². The first-order valence-electron chi connectivity index (χ1n) is 6.02. The molecule has 0 radical (unpaired) electrons. The predicted molar refractivity (Wildman–Crippen MR) is 73.2 cm³/mol. The Kier molecular flexibility index (Phi) is 5.68. The van der Waals surface area contributed by atoms with Gasteiger partial charge in [-0.05, 0) is 12.8 Å². The largest absolute Gasteiger partial charge is 0.392 e. The van der Waals surface area contributed by atoms with Gasteiger partial charge in [-0.3, -0.25) is 14.4 Å². The van der Waals surface area contributed by atoms with Crippen molar-refractivity contribution in [2.75, 3.05) is 19.6 Å². The lowest BCUT2D eigenvalue weighted by Gasteiger charge is -2.31. The van der Waals surface area contributed by atoms with Gasteiger partial charge in [-0.2, -0.15) is 0 Å². The van der Waals surface area contributed by atoms with Crippen LogP contribution in [0.2, 0.25) is 0 Å². The molecule has 106 valence electrons. The molecule has 0 spiro atoms. The van der Waals surface area contributed by atoms with Gasteiger partial charge in [0.1, 0.15) is 0 Å². The molecule has 0 unspecified atom stereocenters. The van der Waals surface area contributed by atoms with E-state index in [0.29, 0.717) is 25.9 Å². The number of thiocarbonyl (C=S) groups is 1. The fourth-order valence-electron chi connectivity index (χ4n) is 1.90. The highest BCUT2D eigenvalue weighted by Gasteiger charge is 2.27. The van der Waals surface area contributed by atoms with Crippen molar-refractivity contribution < 1.29 is 14.4 Å². The van der Waals surface area contributed by atoms with Gasteiger partial charge in [0.2, 0.25) is 5.91 Å². The predicted octanol–water partition coefficient (Wildman–Crippen LogP) is -1.48. The van der Waals surface area contributed by atoms with Crippen LogP contribution in [0.5, 0.6) is 0 Å². The standard InChI is InChI=1S/C11H18N4O3S/c1-7(16)14-8-2-4-15(5-3-8)11(18)10(17)13-6-9(12)19/h8H,2-6H2,1H3,(H2,12,19)(H,13,17)(H,14,16). The van der Waals surface area contributed by atoms with Crippen LogP contribution >= 0.6 is 12.2 Å². The molecule has 1 aliphatic rings. The fraction of sp³-hybridized carbons (Fsp3) is 0.636. The van der Waals surface area contributed by atoms with Crippen molar-refractivity contribution in [2.45, 2.75) is 25.8 Å². The van der Waals surface area contributed by atoms with Crippen LogP contribution in [0.4, 0.5) is 0 Å². The number of piperidine rings is 1. The fourth-order valence-corrected chi connectivity index (χ4v) is 1.97. The van der Waals surface area contributed by atoms with Crippen molar-refractivity contribution in [3.05, 3.63) is 0 Å². The number of carbonyl (C=O) groups excluding carboxylic acids is 3. The maximum Gasteiger partial charge on any atom is 0.311 e. The molecule has 1 fully saturated rings. The van der Waals surface area contributed by atoms with Gasteiger partial charge in [0, 0.05) is 26.1 Å². The summed E-state index contributed by atoms with van der Waals surface area (Å²) < 4.78 is 0. The van der Waals surface area contributed by atoms with E-state index in [0.717, 1.165) is 0 Å². The van der Waals surface area contributed by atoms with Gasteiger partial charge in [-0.15, -0.1) is 0 Å². The summed E-state index contributed by atoms with van der Waals surface area (Å²) in [6.07, 6.45) is 1.29. The van der Waals surface area contributed by atoms with Crippen molar-refractivity contribution in [3.63, 3.8) is 0 Å². The highest BCUT2D eigenvalue weighted by molar-refractivity contribution is 7.80. The summed E-state index contributed by atoms with van der Waals surface area (Å²) in [7, 11) is 0. The maximum absolute atomic E-state index is 11.8. The molecule has 1 aliphatic heterocycles. The van der Waals surface area contributed by atoms with Gasteiger partial charge in [-0.1, -0.05) is 12.2 Å². The summed E-state index contributed by atoms with van der Waals surface area (Å²) in [5.74, 6) is -1.37. The summed E-state index contributed by atoms with van der Waals surface area (Å²) in [4.78, 5) is 35.8. The highest BCUT2D eigenvalue weighted by Crippen LogP contribution is 2.10. The Morgan fingerprint density at radius 2 is 1.89 bits per heavy atom. The van der Waals surface area contributed by atoms with E-state index < -0.39 is 11.8 Å². The van der Waals surface area contributed by atoms with Gasteiger partial charge in [0.05, 0.1) is 11.5 Å².